The van der Waals surface area contributed by atoms with Crippen molar-refractivity contribution in [3.05, 3.63) is 59.2 Å². The van der Waals surface area contributed by atoms with E-state index in [0.717, 1.165) is 19.3 Å². The molecule has 188 valence electrons. The van der Waals surface area contributed by atoms with Gasteiger partial charge < -0.3 is 10.1 Å². The minimum absolute atomic E-state index is 0.163. The summed E-state index contributed by atoms with van der Waals surface area (Å²) in [5.74, 6) is -2.34. The maximum Gasteiger partial charge on any atom is 0.575 e. The molecule has 1 amide bonds. The zero-order valence-electron chi connectivity index (χ0n) is 17.0. The molecule has 2 heterocycles. The number of carbonyl (C=O) groups excluding carboxylic acids is 1. The molecule has 0 bridgehead atoms. The van der Waals surface area contributed by atoms with Crippen LogP contribution >= 0.6 is 0 Å². The van der Waals surface area contributed by atoms with E-state index in [-0.39, 0.29) is 18.2 Å². The molecule has 0 saturated heterocycles. The van der Waals surface area contributed by atoms with Crippen molar-refractivity contribution in [1.29, 1.82) is 0 Å². The van der Waals surface area contributed by atoms with Crippen LogP contribution in [0.3, 0.4) is 0 Å². The summed E-state index contributed by atoms with van der Waals surface area (Å²) >= 11 is 0. The number of aromatic nitrogens is 5. The van der Waals surface area contributed by atoms with Gasteiger partial charge in [0.1, 0.15) is 0 Å². The van der Waals surface area contributed by atoms with Crippen LogP contribution in [0.1, 0.15) is 40.3 Å². The van der Waals surface area contributed by atoms with Crippen LogP contribution < -0.4 is 10.1 Å². The lowest BCUT2D eigenvalue weighted by atomic mass is 10.0. The SMILES string of the molecule is C[C@H](NC(=O)c1cc(C(F)(F)F)cc(C(F)(F)F)c1)c1nc(OC(F)(F)F)n(-c2ncccn2)n1. The number of hydrogen-bond donors (Lipinski definition) is 1. The summed E-state index contributed by atoms with van der Waals surface area (Å²) in [5, 5.41) is 5.74. The molecule has 0 spiro atoms. The van der Waals surface area contributed by atoms with Gasteiger partial charge in [-0.3, -0.25) is 4.79 Å². The number of benzene rings is 1. The van der Waals surface area contributed by atoms with E-state index < -0.39 is 65.1 Å². The third-order valence-corrected chi connectivity index (χ3v) is 4.13. The van der Waals surface area contributed by atoms with E-state index >= 15 is 0 Å². The average Bonchev–Trinajstić information content (AvgIpc) is 3.15. The first kappa shape index (κ1) is 25.7. The maximum absolute atomic E-state index is 13.0. The van der Waals surface area contributed by atoms with Crippen molar-refractivity contribution in [3.63, 3.8) is 0 Å². The molecular formula is C18H11F9N6O2. The number of carbonyl (C=O) groups is 1. The molecule has 0 aliphatic heterocycles. The predicted octanol–water partition coefficient (Wildman–Crippen LogP) is 4.48. The minimum atomic E-state index is -5.21. The van der Waals surface area contributed by atoms with E-state index in [9.17, 15) is 44.3 Å². The van der Waals surface area contributed by atoms with Crippen LogP contribution in [0.2, 0.25) is 0 Å². The largest absolute Gasteiger partial charge is 0.575 e. The molecule has 0 unspecified atom stereocenters. The summed E-state index contributed by atoms with van der Waals surface area (Å²) in [4.78, 5) is 23.3. The van der Waals surface area contributed by atoms with Crippen LogP contribution in [0, 0.1) is 0 Å². The van der Waals surface area contributed by atoms with Gasteiger partial charge in [0, 0.05) is 18.0 Å². The van der Waals surface area contributed by atoms with Crippen LogP contribution in [0.15, 0.2) is 36.7 Å². The number of nitrogens with one attached hydrogen (secondary N) is 1. The standard InChI is InChI=1S/C18H11F9N6O2/c1-8(12-31-15(35-18(25,26)27)33(32-12)14-28-3-2-4-29-14)30-13(34)9-5-10(16(19,20)21)7-11(6-9)17(22,23)24/h2-8H,1H3,(H,30,34)/t8-/m0/s1. The molecule has 35 heavy (non-hydrogen) atoms. The van der Waals surface area contributed by atoms with Gasteiger partial charge in [-0.25, -0.2) is 9.97 Å². The Balaban J connectivity index is 1.94. The molecule has 0 aliphatic carbocycles. The van der Waals surface area contributed by atoms with Gasteiger partial charge in [-0.2, -0.15) is 31.3 Å². The van der Waals surface area contributed by atoms with Gasteiger partial charge in [-0.05, 0) is 31.2 Å². The number of halogens is 9. The van der Waals surface area contributed by atoms with Gasteiger partial charge >= 0.3 is 24.7 Å². The average molecular weight is 514 g/mol. The molecule has 0 saturated carbocycles. The zero-order valence-corrected chi connectivity index (χ0v) is 17.0. The van der Waals surface area contributed by atoms with E-state index in [2.05, 4.69) is 24.8 Å². The van der Waals surface area contributed by atoms with Gasteiger partial charge in [-0.1, -0.05) is 0 Å². The first-order valence-electron chi connectivity index (χ1n) is 9.15. The Morgan fingerprint density at radius 3 is 1.97 bits per heavy atom. The van der Waals surface area contributed by atoms with Crippen LogP contribution in [-0.2, 0) is 12.4 Å². The van der Waals surface area contributed by atoms with Crippen molar-refractivity contribution in [2.45, 2.75) is 31.7 Å². The van der Waals surface area contributed by atoms with Crippen LogP contribution in [0.5, 0.6) is 6.01 Å². The van der Waals surface area contributed by atoms with E-state index in [0.29, 0.717) is 4.68 Å². The number of nitrogens with zero attached hydrogens (tertiary/aromatic N) is 5. The second kappa shape index (κ2) is 9.03. The first-order chi connectivity index (χ1) is 16.0. The number of amides is 1. The van der Waals surface area contributed by atoms with Crippen LogP contribution in [0.4, 0.5) is 39.5 Å². The van der Waals surface area contributed by atoms with E-state index in [4.69, 9.17) is 0 Å². The van der Waals surface area contributed by atoms with E-state index in [1.165, 1.54) is 6.07 Å². The summed E-state index contributed by atoms with van der Waals surface area (Å²) in [6.45, 7) is 1.12. The number of rotatable bonds is 5. The second-order valence-corrected chi connectivity index (χ2v) is 6.75. The van der Waals surface area contributed by atoms with Crippen molar-refractivity contribution in [2.24, 2.45) is 0 Å². The number of ether oxygens (including phenoxy) is 1. The lowest BCUT2D eigenvalue weighted by molar-refractivity contribution is -0.278. The smallest absolute Gasteiger partial charge is 0.370 e. The molecule has 1 atom stereocenters. The van der Waals surface area contributed by atoms with Crippen molar-refractivity contribution in [3.8, 4) is 12.0 Å². The third-order valence-electron chi connectivity index (χ3n) is 4.13. The Morgan fingerprint density at radius 2 is 1.49 bits per heavy atom. The Bertz CT molecular complexity index is 1170. The summed E-state index contributed by atoms with van der Waals surface area (Å²) in [7, 11) is 0. The van der Waals surface area contributed by atoms with Crippen molar-refractivity contribution in [2.75, 3.05) is 0 Å². The third kappa shape index (κ3) is 6.36. The molecule has 0 aliphatic rings. The molecule has 0 fully saturated rings. The Labute approximate surface area is 188 Å². The van der Waals surface area contributed by atoms with Gasteiger partial charge in [-0.15, -0.1) is 23.0 Å². The van der Waals surface area contributed by atoms with Crippen molar-refractivity contribution in [1.82, 2.24) is 30.0 Å². The Hall–Kier alpha value is -3.92. The lowest BCUT2D eigenvalue weighted by Gasteiger charge is -2.15. The van der Waals surface area contributed by atoms with Crippen LogP contribution in [-0.4, -0.2) is 37.0 Å². The number of hydrogen-bond acceptors (Lipinski definition) is 6. The highest BCUT2D eigenvalue weighted by Gasteiger charge is 2.38. The fraction of sp³-hybridized carbons (Fsp3) is 0.278. The van der Waals surface area contributed by atoms with Gasteiger partial charge in [0.05, 0.1) is 17.2 Å². The molecule has 3 rings (SSSR count). The molecule has 2 aromatic heterocycles. The highest BCUT2D eigenvalue weighted by molar-refractivity contribution is 5.94. The summed E-state index contributed by atoms with van der Waals surface area (Å²) in [6.07, 6.45) is -13.3. The topological polar surface area (TPSA) is 94.8 Å². The maximum atomic E-state index is 13.0. The summed E-state index contributed by atoms with van der Waals surface area (Å²) in [5.41, 5.74) is -4.46. The molecular weight excluding hydrogens is 503 g/mol. The molecule has 1 N–H and O–H groups in total. The molecule has 0 radical (unpaired) electrons. The van der Waals surface area contributed by atoms with Crippen molar-refractivity contribution >= 4 is 5.91 Å². The first-order valence-corrected chi connectivity index (χ1v) is 9.15. The van der Waals surface area contributed by atoms with Gasteiger partial charge in [0.15, 0.2) is 5.82 Å². The minimum Gasteiger partial charge on any atom is -0.370 e. The second-order valence-electron chi connectivity index (χ2n) is 6.75. The predicted molar refractivity (Wildman–Crippen MR) is 96.0 cm³/mol. The lowest BCUT2D eigenvalue weighted by Crippen LogP contribution is -2.28. The van der Waals surface area contributed by atoms with Crippen LogP contribution in [0.25, 0.3) is 5.95 Å². The monoisotopic (exact) mass is 514 g/mol. The highest BCUT2D eigenvalue weighted by Crippen LogP contribution is 2.36. The molecule has 8 nitrogen and oxygen atoms in total. The van der Waals surface area contributed by atoms with Gasteiger partial charge in [0.2, 0.25) is 0 Å². The Morgan fingerprint density at radius 1 is 0.943 bits per heavy atom. The van der Waals surface area contributed by atoms with Crippen molar-refractivity contribution < 1.29 is 49.0 Å². The molecule has 3 aromatic rings. The molecule has 17 heteroatoms. The zero-order chi connectivity index (χ0) is 26.2. The van der Waals surface area contributed by atoms with E-state index in [1.807, 2.05) is 5.32 Å². The highest BCUT2D eigenvalue weighted by atomic mass is 19.4. The quantitative estimate of drug-likeness (QED) is 0.505. The van der Waals surface area contributed by atoms with E-state index in [1.54, 1.807) is 0 Å². The fourth-order valence-corrected chi connectivity index (χ4v) is 2.63. The fourth-order valence-electron chi connectivity index (χ4n) is 2.63. The molecule has 1 aromatic carbocycles. The van der Waals surface area contributed by atoms with Gasteiger partial charge in [0.25, 0.3) is 11.9 Å². The normalized spacial score (nSPS) is 13.4. The summed E-state index contributed by atoms with van der Waals surface area (Å²) in [6, 6.07) is -0.980. The summed E-state index contributed by atoms with van der Waals surface area (Å²) < 4.78 is 121. The number of alkyl halides is 9. The Kier molecular flexibility index (Phi) is 6.63.